The molecule has 1 aliphatic heterocycles. The van der Waals surface area contributed by atoms with E-state index in [1.54, 1.807) is 4.90 Å². The molecule has 0 spiro atoms. The summed E-state index contributed by atoms with van der Waals surface area (Å²) in [5.74, 6) is 0.138. The van der Waals surface area contributed by atoms with E-state index in [1.807, 2.05) is 59.5 Å². The zero-order chi connectivity index (χ0) is 18.4. The molecule has 0 bridgehead atoms. The molecule has 3 rings (SSSR count). The van der Waals surface area contributed by atoms with Crippen LogP contribution in [-0.2, 0) is 11.3 Å². The van der Waals surface area contributed by atoms with Crippen molar-refractivity contribution in [1.82, 2.24) is 4.90 Å². The predicted molar refractivity (Wildman–Crippen MR) is 103 cm³/mol. The highest BCUT2D eigenvalue weighted by atomic mass is 16.2. The van der Waals surface area contributed by atoms with E-state index in [0.29, 0.717) is 31.6 Å². The lowest BCUT2D eigenvalue weighted by atomic mass is 10.1. The van der Waals surface area contributed by atoms with Gasteiger partial charge in [-0.1, -0.05) is 30.3 Å². The lowest BCUT2D eigenvalue weighted by molar-refractivity contribution is -0.117. The minimum atomic E-state index is -0.0124. The Balaban J connectivity index is 1.74. The normalized spacial score (nSPS) is 13.9. The van der Waals surface area contributed by atoms with Gasteiger partial charge in [0.05, 0.1) is 0 Å². The first-order valence-electron chi connectivity index (χ1n) is 9.13. The first-order valence-corrected chi connectivity index (χ1v) is 9.13. The topological polar surface area (TPSA) is 66.6 Å². The Kier molecular flexibility index (Phi) is 6.02. The van der Waals surface area contributed by atoms with Crippen molar-refractivity contribution in [2.24, 2.45) is 5.73 Å². The number of rotatable bonds is 7. The van der Waals surface area contributed by atoms with E-state index in [1.165, 1.54) is 0 Å². The van der Waals surface area contributed by atoms with Gasteiger partial charge in [-0.15, -0.1) is 0 Å². The summed E-state index contributed by atoms with van der Waals surface area (Å²) in [5.41, 5.74) is 8.23. The molecule has 2 N–H and O–H groups in total. The van der Waals surface area contributed by atoms with Gasteiger partial charge in [0.15, 0.2) is 0 Å². The molecule has 0 atom stereocenters. The fourth-order valence-corrected chi connectivity index (χ4v) is 3.23. The fraction of sp³-hybridized carbons (Fsp3) is 0.333. The fourth-order valence-electron chi connectivity index (χ4n) is 3.23. The first-order chi connectivity index (χ1) is 12.7. The van der Waals surface area contributed by atoms with Crippen molar-refractivity contribution in [3.63, 3.8) is 0 Å². The Morgan fingerprint density at radius 3 is 2.42 bits per heavy atom. The lowest BCUT2D eigenvalue weighted by Gasteiger charge is -2.23. The van der Waals surface area contributed by atoms with Crippen molar-refractivity contribution < 1.29 is 9.59 Å². The number of hydrogen-bond donors (Lipinski definition) is 1. The molecule has 0 radical (unpaired) electrons. The zero-order valence-electron chi connectivity index (χ0n) is 14.9. The summed E-state index contributed by atoms with van der Waals surface area (Å²) in [6, 6.07) is 17.3. The van der Waals surface area contributed by atoms with Crippen LogP contribution in [0.15, 0.2) is 54.6 Å². The van der Waals surface area contributed by atoms with Gasteiger partial charge in [-0.25, -0.2) is 0 Å². The Bertz CT molecular complexity index is 744. The van der Waals surface area contributed by atoms with Crippen molar-refractivity contribution in [3.8, 4) is 0 Å². The van der Waals surface area contributed by atoms with E-state index in [4.69, 9.17) is 5.73 Å². The van der Waals surface area contributed by atoms with Gasteiger partial charge in [0.2, 0.25) is 5.91 Å². The summed E-state index contributed by atoms with van der Waals surface area (Å²) < 4.78 is 0. The Labute approximate surface area is 154 Å². The summed E-state index contributed by atoms with van der Waals surface area (Å²) >= 11 is 0. The highest BCUT2D eigenvalue weighted by molar-refractivity contribution is 5.97. The maximum atomic E-state index is 13.0. The standard InChI is InChI=1S/C21H25N3O2/c22-13-5-14-23(16-17-6-2-1-3-7-17)21(26)18-9-11-19(12-10-18)24-15-4-8-20(24)25/h1-3,6-7,9-12H,4-5,8,13-16,22H2. The second kappa shape index (κ2) is 8.63. The van der Waals surface area contributed by atoms with E-state index in [-0.39, 0.29) is 11.8 Å². The summed E-state index contributed by atoms with van der Waals surface area (Å²) in [5, 5.41) is 0. The van der Waals surface area contributed by atoms with E-state index in [0.717, 1.165) is 30.6 Å². The molecule has 1 fully saturated rings. The van der Waals surface area contributed by atoms with Gasteiger partial charge in [0.25, 0.3) is 5.91 Å². The van der Waals surface area contributed by atoms with Crippen LogP contribution in [0.2, 0.25) is 0 Å². The van der Waals surface area contributed by atoms with Crippen LogP contribution in [0.5, 0.6) is 0 Å². The number of nitrogens with zero attached hydrogens (tertiary/aromatic N) is 2. The minimum absolute atomic E-state index is 0.0124. The SMILES string of the molecule is NCCCN(Cc1ccccc1)C(=O)c1ccc(N2CCCC2=O)cc1. The minimum Gasteiger partial charge on any atom is -0.334 e. The molecule has 5 heteroatoms. The number of nitrogens with two attached hydrogens (primary N) is 1. The van der Waals surface area contributed by atoms with Crippen LogP contribution in [0.3, 0.4) is 0 Å². The van der Waals surface area contributed by atoms with Crippen LogP contribution in [0.1, 0.15) is 35.2 Å². The van der Waals surface area contributed by atoms with E-state index in [9.17, 15) is 9.59 Å². The Hall–Kier alpha value is -2.66. The van der Waals surface area contributed by atoms with Gasteiger partial charge in [0.1, 0.15) is 0 Å². The van der Waals surface area contributed by atoms with Gasteiger partial charge in [-0.3, -0.25) is 9.59 Å². The highest BCUT2D eigenvalue weighted by Gasteiger charge is 2.22. The van der Waals surface area contributed by atoms with Crippen LogP contribution < -0.4 is 10.6 Å². The lowest BCUT2D eigenvalue weighted by Crippen LogP contribution is -2.32. The van der Waals surface area contributed by atoms with Gasteiger partial charge in [0, 0.05) is 37.3 Å². The van der Waals surface area contributed by atoms with Gasteiger partial charge in [-0.2, -0.15) is 0 Å². The van der Waals surface area contributed by atoms with Gasteiger partial charge >= 0.3 is 0 Å². The molecule has 2 aromatic carbocycles. The summed E-state index contributed by atoms with van der Waals surface area (Å²) in [7, 11) is 0. The van der Waals surface area contributed by atoms with Crippen molar-refractivity contribution in [1.29, 1.82) is 0 Å². The van der Waals surface area contributed by atoms with Crippen LogP contribution in [0.4, 0.5) is 5.69 Å². The largest absolute Gasteiger partial charge is 0.334 e. The smallest absolute Gasteiger partial charge is 0.254 e. The number of carbonyl (C=O) groups excluding carboxylic acids is 2. The molecule has 26 heavy (non-hydrogen) atoms. The number of anilines is 1. The second-order valence-electron chi connectivity index (χ2n) is 6.55. The second-order valence-corrected chi connectivity index (χ2v) is 6.55. The molecule has 1 aliphatic rings. The average Bonchev–Trinajstić information content (AvgIpc) is 3.11. The maximum Gasteiger partial charge on any atom is 0.254 e. The number of amides is 2. The third-order valence-corrected chi connectivity index (χ3v) is 4.63. The molecule has 1 heterocycles. The van der Waals surface area contributed by atoms with Crippen molar-refractivity contribution in [2.75, 3.05) is 24.5 Å². The monoisotopic (exact) mass is 351 g/mol. The van der Waals surface area contributed by atoms with E-state index in [2.05, 4.69) is 0 Å². The van der Waals surface area contributed by atoms with Crippen molar-refractivity contribution in [2.45, 2.75) is 25.8 Å². The molecule has 136 valence electrons. The van der Waals surface area contributed by atoms with Gasteiger partial charge < -0.3 is 15.5 Å². The van der Waals surface area contributed by atoms with Crippen LogP contribution in [0.25, 0.3) is 0 Å². The predicted octanol–water partition coefficient (Wildman–Crippen LogP) is 2.80. The molecule has 1 saturated heterocycles. The molecular weight excluding hydrogens is 326 g/mol. The van der Waals surface area contributed by atoms with Crippen molar-refractivity contribution >= 4 is 17.5 Å². The Morgan fingerprint density at radius 1 is 1.08 bits per heavy atom. The molecular formula is C21H25N3O2. The van der Waals surface area contributed by atoms with Crippen LogP contribution >= 0.6 is 0 Å². The molecule has 0 aromatic heterocycles. The molecule has 0 aliphatic carbocycles. The van der Waals surface area contributed by atoms with Gasteiger partial charge in [-0.05, 0) is 49.2 Å². The maximum absolute atomic E-state index is 13.0. The summed E-state index contributed by atoms with van der Waals surface area (Å²) in [4.78, 5) is 28.4. The molecule has 0 unspecified atom stereocenters. The third kappa shape index (κ3) is 4.29. The average molecular weight is 351 g/mol. The molecule has 2 aromatic rings. The summed E-state index contributed by atoms with van der Waals surface area (Å²) in [6.07, 6.45) is 2.26. The first kappa shape index (κ1) is 18.1. The Morgan fingerprint density at radius 2 is 1.81 bits per heavy atom. The molecule has 5 nitrogen and oxygen atoms in total. The third-order valence-electron chi connectivity index (χ3n) is 4.63. The number of hydrogen-bond acceptors (Lipinski definition) is 3. The zero-order valence-corrected chi connectivity index (χ0v) is 14.9. The summed E-state index contributed by atoms with van der Waals surface area (Å²) in [6.45, 7) is 2.49. The quantitative estimate of drug-likeness (QED) is 0.834. The van der Waals surface area contributed by atoms with E-state index < -0.39 is 0 Å². The number of benzene rings is 2. The van der Waals surface area contributed by atoms with Crippen LogP contribution in [-0.4, -0.2) is 36.3 Å². The van der Waals surface area contributed by atoms with E-state index >= 15 is 0 Å². The molecule has 0 saturated carbocycles. The van der Waals surface area contributed by atoms with Crippen LogP contribution in [0, 0.1) is 0 Å². The van der Waals surface area contributed by atoms with Crippen molar-refractivity contribution in [3.05, 3.63) is 65.7 Å². The highest BCUT2D eigenvalue weighted by Crippen LogP contribution is 2.22. The number of carbonyl (C=O) groups is 2. The molecule has 2 amide bonds.